The lowest BCUT2D eigenvalue weighted by Gasteiger charge is -2.34. The number of likely N-dealkylation sites (N-methyl/N-ethyl adjacent to an activating group) is 1. The molecule has 0 unspecified atom stereocenters. The number of ether oxygens (including phenoxy) is 1. The highest BCUT2D eigenvalue weighted by molar-refractivity contribution is 5.37. The van der Waals surface area contributed by atoms with Gasteiger partial charge in [-0.25, -0.2) is 0 Å². The largest absolute Gasteiger partial charge is 0.496 e. The molecule has 0 spiro atoms. The molecule has 0 aliphatic rings. The summed E-state index contributed by atoms with van der Waals surface area (Å²) in [6, 6.07) is 6.05. The minimum Gasteiger partial charge on any atom is -0.496 e. The molecule has 3 N–H and O–H groups in total. The van der Waals surface area contributed by atoms with Crippen molar-refractivity contribution in [2.75, 3.05) is 20.8 Å². The highest BCUT2D eigenvalue weighted by atomic mass is 16.5. The molecule has 0 aliphatic carbocycles. The lowest BCUT2D eigenvalue weighted by atomic mass is 10.0. The van der Waals surface area contributed by atoms with Crippen LogP contribution in [-0.4, -0.2) is 36.3 Å². The van der Waals surface area contributed by atoms with Crippen LogP contribution in [0.4, 0.5) is 0 Å². The number of nitrogens with zero attached hydrogens (tertiary/aromatic N) is 1. The van der Waals surface area contributed by atoms with Crippen LogP contribution in [0.2, 0.25) is 0 Å². The fraction of sp³-hybridized carbons (Fsp3) is 0.571. The molecule has 18 heavy (non-hydrogen) atoms. The van der Waals surface area contributed by atoms with Gasteiger partial charge in [0.1, 0.15) is 5.75 Å². The molecule has 0 amide bonds. The second kappa shape index (κ2) is 6.18. The van der Waals surface area contributed by atoms with Crippen LogP contribution in [0.3, 0.4) is 0 Å². The first-order valence-corrected chi connectivity index (χ1v) is 6.12. The molecule has 0 heterocycles. The van der Waals surface area contributed by atoms with E-state index in [1.54, 1.807) is 7.11 Å². The van der Waals surface area contributed by atoms with Crippen LogP contribution in [-0.2, 0) is 13.1 Å². The molecule has 0 saturated heterocycles. The van der Waals surface area contributed by atoms with Crippen molar-refractivity contribution < 1.29 is 9.84 Å². The van der Waals surface area contributed by atoms with E-state index < -0.39 is 0 Å². The summed E-state index contributed by atoms with van der Waals surface area (Å²) in [6.07, 6.45) is 0. The van der Waals surface area contributed by atoms with Gasteiger partial charge in [0.2, 0.25) is 0 Å². The van der Waals surface area contributed by atoms with Crippen molar-refractivity contribution in [1.29, 1.82) is 0 Å². The summed E-state index contributed by atoms with van der Waals surface area (Å²) in [5, 5.41) is 9.34. The van der Waals surface area contributed by atoms with Gasteiger partial charge >= 0.3 is 0 Å². The fourth-order valence-electron chi connectivity index (χ4n) is 1.66. The monoisotopic (exact) mass is 252 g/mol. The minimum absolute atomic E-state index is 0.127. The SMILES string of the molecule is COc1cc(CN(C)C(C)(C)CO)ccc1CN. The van der Waals surface area contributed by atoms with Crippen LogP contribution in [0.5, 0.6) is 5.75 Å². The molecule has 0 aliphatic heterocycles. The summed E-state index contributed by atoms with van der Waals surface area (Å²) in [5.41, 5.74) is 7.56. The number of aliphatic hydroxyl groups is 1. The van der Waals surface area contributed by atoms with E-state index in [4.69, 9.17) is 10.5 Å². The van der Waals surface area contributed by atoms with Gasteiger partial charge in [0, 0.05) is 24.2 Å². The molecule has 0 saturated carbocycles. The maximum atomic E-state index is 9.34. The third-order valence-electron chi connectivity index (χ3n) is 3.41. The molecular formula is C14H24N2O2. The van der Waals surface area contributed by atoms with E-state index in [1.807, 2.05) is 33.0 Å². The predicted molar refractivity (Wildman–Crippen MR) is 73.5 cm³/mol. The summed E-state index contributed by atoms with van der Waals surface area (Å²) >= 11 is 0. The first-order valence-electron chi connectivity index (χ1n) is 6.12. The molecule has 4 heteroatoms. The Morgan fingerprint density at radius 3 is 2.56 bits per heavy atom. The van der Waals surface area contributed by atoms with E-state index in [0.717, 1.165) is 23.4 Å². The number of rotatable bonds is 6. The van der Waals surface area contributed by atoms with Crippen molar-refractivity contribution in [1.82, 2.24) is 4.90 Å². The molecule has 1 aromatic carbocycles. The summed E-state index contributed by atoms with van der Waals surface area (Å²) in [5.74, 6) is 0.824. The molecule has 0 atom stereocenters. The van der Waals surface area contributed by atoms with Crippen LogP contribution < -0.4 is 10.5 Å². The zero-order valence-electron chi connectivity index (χ0n) is 11.7. The van der Waals surface area contributed by atoms with Crippen LogP contribution in [0, 0.1) is 0 Å². The average molecular weight is 252 g/mol. The van der Waals surface area contributed by atoms with E-state index in [1.165, 1.54) is 0 Å². The molecule has 1 rings (SSSR count). The molecular weight excluding hydrogens is 228 g/mol. The van der Waals surface area contributed by atoms with Crippen LogP contribution in [0.25, 0.3) is 0 Å². The van der Waals surface area contributed by atoms with Gasteiger partial charge in [-0.2, -0.15) is 0 Å². The number of hydrogen-bond donors (Lipinski definition) is 2. The molecule has 4 nitrogen and oxygen atoms in total. The number of nitrogens with two attached hydrogens (primary N) is 1. The van der Waals surface area contributed by atoms with Crippen molar-refractivity contribution in [3.63, 3.8) is 0 Å². The Morgan fingerprint density at radius 1 is 1.39 bits per heavy atom. The number of hydrogen-bond acceptors (Lipinski definition) is 4. The summed E-state index contributed by atoms with van der Waals surface area (Å²) in [6.45, 7) is 5.38. The highest BCUT2D eigenvalue weighted by Crippen LogP contribution is 2.22. The van der Waals surface area contributed by atoms with Crippen molar-refractivity contribution in [2.45, 2.75) is 32.5 Å². The standard InChI is InChI=1S/C14H24N2O2/c1-14(2,10-17)16(3)9-11-5-6-12(8-15)13(7-11)18-4/h5-7,17H,8-10,15H2,1-4H3. The third kappa shape index (κ3) is 3.45. The first-order chi connectivity index (χ1) is 8.44. The zero-order valence-corrected chi connectivity index (χ0v) is 11.7. The van der Waals surface area contributed by atoms with Gasteiger partial charge in [0.05, 0.1) is 13.7 Å². The van der Waals surface area contributed by atoms with Gasteiger partial charge in [0.25, 0.3) is 0 Å². The van der Waals surface area contributed by atoms with Gasteiger partial charge in [-0.1, -0.05) is 12.1 Å². The maximum absolute atomic E-state index is 9.34. The number of benzene rings is 1. The summed E-state index contributed by atoms with van der Waals surface area (Å²) in [4.78, 5) is 2.11. The number of aliphatic hydroxyl groups excluding tert-OH is 1. The molecule has 0 fully saturated rings. The van der Waals surface area contributed by atoms with E-state index in [-0.39, 0.29) is 12.1 Å². The van der Waals surface area contributed by atoms with E-state index in [2.05, 4.69) is 11.0 Å². The van der Waals surface area contributed by atoms with Crippen molar-refractivity contribution in [3.8, 4) is 5.75 Å². The van der Waals surface area contributed by atoms with E-state index in [9.17, 15) is 5.11 Å². The van der Waals surface area contributed by atoms with Crippen molar-refractivity contribution in [2.24, 2.45) is 5.73 Å². The van der Waals surface area contributed by atoms with Crippen LogP contribution in [0.1, 0.15) is 25.0 Å². The average Bonchev–Trinajstić information content (AvgIpc) is 2.38. The van der Waals surface area contributed by atoms with Crippen molar-refractivity contribution in [3.05, 3.63) is 29.3 Å². The van der Waals surface area contributed by atoms with Gasteiger partial charge in [-0.3, -0.25) is 4.90 Å². The topological polar surface area (TPSA) is 58.7 Å². The number of methoxy groups -OCH3 is 1. The normalized spacial score (nSPS) is 11.9. The van der Waals surface area contributed by atoms with Gasteiger partial charge in [-0.15, -0.1) is 0 Å². The lowest BCUT2D eigenvalue weighted by molar-refractivity contribution is 0.0733. The Bertz CT molecular complexity index is 391. The lowest BCUT2D eigenvalue weighted by Crippen LogP contribution is -2.43. The van der Waals surface area contributed by atoms with Gasteiger partial charge in [0.15, 0.2) is 0 Å². The minimum atomic E-state index is -0.236. The predicted octanol–water partition coefficient (Wildman–Crippen LogP) is 1.36. The first kappa shape index (κ1) is 15.0. The van der Waals surface area contributed by atoms with E-state index in [0.29, 0.717) is 6.54 Å². The molecule has 0 aromatic heterocycles. The quantitative estimate of drug-likeness (QED) is 0.802. The molecule has 0 bridgehead atoms. The maximum Gasteiger partial charge on any atom is 0.123 e. The zero-order chi connectivity index (χ0) is 13.8. The Balaban J connectivity index is 2.86. The molecule has 102 valence electrons. The summed E-state index contributed by atoms with van der Waals surface area (Å²) < 4.78 is 5.32. The van der Waals surface area contributed by atoms with Gasteiger partial charge in [-0.05, 0) is 32.5 Å². The van der Waals surface area contributed by atoms with E-state index >= 15 is 0 Å². The van der Waals surface area contributed by atoms with Crippen LogP contribution >= 0.6 is 0 Å². The van der Waals surface area contributed by atoms with Gasteiger partial charge < -0.3 is 15.6 Å². The second-order valence-electron chi connectivity index (χ2n) is 5.18. The van der Waals surface area contributed by atoms with Crippen molar-refractivity contribution >= 4 is 0 Å². The second-order valence-corrected chi connectivity index (χ2v) is 5.18. The highest BCUT2D eigenvalue weighted by Gasteiger charge is 2.22. The summed E-state index contributed by atoms with van der Waals surface area (Å²) in [7, 11) is 3.65. The fourth-order valence-corrected chi connectivity index (χ4v) is 1.66. The van der Waals surface area contributed by atoms with Crippen LogP contribution in [0.15, 0.2) is 18.2 Å². The Kier molecular flexibility index (Phi) is 5.14. The Morgan fingerprint density at radius 2 is 2.06 bits per heavy atom. The third-order valence-corrected chi connectivity index (χ3v) is 3.41. The smallest absolute Gasteiger partial charge is 0.123 e. The Labute approximate surface area is 109 Å². The molecule has 1 aromatic rings. The molecule has 0 radical (unpaired) electrons. The Hall–Kier alpha value is -1.10.